The molecule has 9 heavy (non-hydrogen) atoms. The van der Waals surface area contributed by atoms with Crippen LogP contribution in [0.5, 0.6) is 0 Å². The van der Waals surface area contributed by atoms with Crippen LogP contribution in [-0.2, 0) is 4.74 Å². The Bertz CT molecular complexity index is 76.6. The predicted molar refractivity (Wildman–Crippen MR) is 40.5 cm³/mol. The van der Waals surface area contributed by atoms with Gasteiger partial charge in [-0.3, -0.25) is 0 Å². The van der Waals surface area contributed by atoms with Gasteiger partial charge in [-0.2, -0.15) is 0 Å². The summed E-state index contributed by atoms with van der Waals surface area (Å²) in [6.07, 6.45) is 5.69. The van der Waals surface area contributed by atoms with Gasteiger partial charge in [-0.05, 0) is 13.3 Å². The molecule has 1 heterocycles. The first-order valence-electron chi connectivity index (χ1n) is 3.68. The SMILES string of the molecule is CC.CC1C=CCCO1. The molecule has 0 saturated heterocycles. The van der Waals surface area contributed by atoms with Gasteiger partial charge in [0.05, 0.1) is 12.7 Å². The maximum atomic E-state index is 5.19. The molecule has 0 bridgehead atoms. The number of hydrogen-bond donors (Lipinski definition) is 0. The van der Waals surface area contributed by atoms with Crippen molar-refractivity contribution in [2.75, 3.05) is 6.61 Å². The van der Waals surface area contributed by atoms with Gasteiger partial charge >= 0.3 is 0 Å². The first kappa shape index (κ1) is 8.70. The third-order valence-corrected chi connectivity index (χ3v) is 1.07. The van der Waals surface area contributed by atoms with E-state index < -0.39 is 0 Å². The molecule has 1 unspecified atom stereocenters. The number of hydrogen-bond acceptors (Lipinski definition) is 1. The first-order chi connectivity index (χ1) is 4.39. The summed E-state index contributed by atoms with van der Waals surface area (Å²) in [7, 11) is 0. The summed E-state index contributed by atoms with van der Waals surface area (Å²) in [6.45, 7) is 6.95. The zero-order valence-electron chi connectivity index (χ0n) is 6.55. The predicted octanol–water partition coefficient (Wildman–Crippen LogP) is 2.38. The van der Waals surface area contributed by atoms with Crippen LogP contribution in [0.4, 0.5) is 0 Å². The minimum absolute atomic E-state index is 0.355. The quantitative estimate of drug-likeness (QED) is 0.455. The molecule has 1 rings (SSSR count). The van der Waals surface area contributed by atoms with Gasteiger partial charge in [0.15, 0.2) is 0 Å². The van der Waals surface area contributed by atoms with Crippen molar-refractivity contribution in [2.24, 2.45) is 0 Å². The summed E-state index contributed by atoms with van der Waals surface area (Å²) in [5.41, 5.74) is 0. The zero-order valence-corrected chi connectivity index (χ0v) is 6.55. The minimum atomic E-state index is 0.355. The van der Waals surface area contributed by atoms with Crippen molar-refractivity contribution in [3.05, 3.63) is 12.2 Å². The van der Waals surface area contributed by atoms with Crippen molar-refractivity contribution in [1.29, 1.82) is 0 Å². The van der Waals surface area contributed by atoms with E-state index in [1.165, 1.54) is 0 Å². The van der Waals surface area contributed by atoms with Crippen LogP contribution in [0, 0.1) is 0 Å². The molecule has 54 valence electrons. The fraction of sp³-hybridized carbons (Fsp3) is 0.750. The third-order valence-electron chi connectivity index (χ3n) is 1.07. The molecule has 1 nitrogen and oxygen atoms in total. The van der Waals surface area contributed by atoms with Crippen LogP contribution >= 0.6 is 0 Å². The topological polar surface area (TPSA) is 9.23 Å². The van der Waals surface area contributed by atoms with E-state index in [-0.39, 0.29) is 0 Å². The molecule has 0 saturated carbocycles. The maximum Gasteiger partial charge on any atom is 0.0727 e. The molecule has 0 amide bonds. The molecule has 1 aliphatic rings. The summed E-state index contributed by atoms with van der Waals surface area (Å²) in [6, 6.07) is 0. The van der Waals surface area contributed by atoms with E-state index >= 15 is 0 Å². The monoisotopic (exact) mass is 128 g/mol. The third kappa shape index (κ3) is 4.22. The second-order valence-corrected chi connectivity index (χ2v) is 1.79. The highest BCUT2D eigenvalue weighted by Gasteiger charge is 1.98. The average molecular weight is 128 g/mol. The summed E-state index contributed by atoms with van der Waals surface area (Å²) in [5.74, 6) is 0. The second kappa shape index (κ2) is 5.83. The molecule has 0 aliphatic carbocycles. The van der Waals surface area contributed by atoms with E-state index in [0.717, 1.165) is 13.0 Å². The smallest absolute Gasteiger partial charge is 0.0727 e. The van der Waals surface area contributed by atoms with Crippen molar-refractivity contribution in [3.8, 4) is 0 Å². The largest absolute Gasteiger partial charge is 0.374 e. The van der Waals surface area contributed by atoms with Gasteiger partial charge in [0.2, 0.25) is 0 Å². The van der Waals surface area contributed by atoms with Gasteiger partial charge in [0, 0.05) is 0 Å². The van der Waals surface area contributed by atoms with Gasteiger partial charge in [-0.15, -0.1) is 0 Å². The van der Waals surface area contributed by atoms with E-state index in [9.17, 15) is 0 Å². The highest BCUT2D eigenvalue weighted by atomic mass is 16.5. The molecular formula is C8H16O. The van der Waals surface area contributed by atoms with Gasteiger partial charge in [-0.25, -0.2) is 0 Å². The fourth-order valence-corrected chi connectivity index (χ4v) is 0.665. The van der Waals surface area contributed by atoms with Crippen LogP contribution in [0.1, 0.15) is 27.2 Å². The Morgan fingerprint density at radius 1 is 1.44 bits per heavy atom. The van der Waals surface area contributed by atoms with Gasteiger partial charge < -0.3 is 4.74 Å². The van der Waals surface area contributed by atoms with E-state index in [1.54, 1.807) is 0 Å². The molecule has 0 radical (unpaired) electrons. The Morgan fingerprint density at radius 2 is 2.11 bits per heavy atom. The zero-order chi connectivity index (χ0) is 7.11. The lowest BCUT2D eigenvalue weighted by atomic mass is 10.3. The van der Waals surface area contributed by atoms with E-state index in [2.05, 4.69) is 19.1 Å². The average Bonchev–Trinajstić information content (AvgIpc) is 1.94. The van der Waals surface area contributed by atoms with Crippen LogP contribution in [0.15, 0.2) is 12.2 Å². The molecule has 1 heteroatoms. The lowest BCUT2D eigenvalue weighted by molar-refractivity contribution is 0.0925. The Balaban J connectivity index is 0.000000291. The van der Waals surface area contributed by atoms with Crippen LogP contribution in [0.3, 0.4) is 0 Å². The molecule has 1 atom stereocenters. The van der Waals surface area contributed by atoms with Crippen molar-refractivity contribution in [1.82, 2.24) is 0 Å². The van der Waals surface area contributed by atoms with Crippen molar-refractivity contribution < 1.29 is 4.74 Å². The van der Waals surface area contributed by atoms with Crippen LogP contribution in [0.25, 0.3) is 0 Å². The van der Waals surface area contributed by atoms with Gasteiger partial charge in [-0.1, -0.05) is 26.0 Å². The maximum absolute atomic E-state index is 5.19. The molecule has 0 N–H and O–H groups in total. The molecule has 1 aliphatic heterocycles. The molecular weight excluding hydrogens is 112 g/mol. The molecule has 0 fully saturated rings. The lowest BCUT2D eigenvalue weighted by Gasteiger charge is -2.10. The number of ether oxygens (including phenoxy) is 1. The molecule has 0 aromatic rings. The Morgan fingerprint density at radius 3 is 2.33 bits per heavy atom. The Labute approximate surface area is 57.7 Å². The van der Waals surface area contributed by atoms with Crippen LogP contribution < -0.4 is 0 Å². The highest BCUT2D eigenvalue weighted by molar-refractivity contribution is 4.90. The minimum Gasteiger partial charge on any atom is -0.374 e. The van der Waals surface area contributed by atoms with Crippen molar-refractivity contribution in [2.45, 2.75) is 33.3 Å². The van der Waals surface area contributed by atoms with Crippen molar-refractivity contribution in [3.63, 3.8) is 0 Å². The summed E-state index contributed by atoms with van der Waals surface area (Å²) in [4.78, 5) is 0. The van der Waals surface area contributed by atoms with E-state index in [0.29, 0.717) is 6.10 Å². The van der Waals surface area contributed by atoms with Crippen molar-refractivity contribution >= 4 is 0 Å². The highest BCUT2D eigenvalue weighted by Crippen LogP contribution is 2.01. The van der Waals surface area contributed by atoms with E-state index in [4.69, 9.17) is 4.74 Å². The molecule has 0 aromatic heterocycles. The lowest BCUT2D eigenvalue weighted by Crippen LogP contribution is -2.08. The van der Waals surface area contributed by atoms with Gasteiger partial charge in [0.1, 0.15) is 0 Å². The summed E-state index contributed by atoms with van der Waals surface area (Å²) >= 11 is 0. The Hall–Kier alpha value is -0.300. The summed E-state index contributed by atoms with van der Waals surface area (Å²) < 4.78 is 5.19. The van der Waals surface area contributed by atoms with Gasteiger partial charge in [0.25, 0.3) is 0 Å². The first-order valence-corrected chi connectivity index (χ1v) is 3.68. The Kier molecular flexibility index (Phi) is 5.64. The molecule has 0 spiro atoms. The summed E-state index contributed by atoms with van der Waals surface area (Å²) in [5, 5.41) is 0. The van der Waals surface area contributed by atoms with Crippen LogP contribution in [-0.4, -0.2) is 12.7 Å². The molecule has 0 aromatic carbocycles. The standard InChI is InChI=1S/C6H10O.C2H6/c1-6-4-2-3-5-7-6;1-2/h2,4,6H,3,5H2,1H3;1-2H3. The van der Waals surface area contributed by atoms with Crippen LogP contribution in [0.2, 0.25) is 0 Å². The fourth-order valence-electron chi connectivity index (χ4n) is 0.665. The second-order valence-electron chi connectivity index (χ2n) is 1.79. The number of rotatable bonds is 0. The van der Waals surface area contributed by atoms with E-state index in [1.807, 2.05) is 13.8 Å². The normalized spacial score (nSPS) is 24.6.